The summed E-state index contributed by atoms with van der Waals surface area (Å²) in [4.78, 5) is 37.1. The third-order valence-corrected chi connectivity index (χ3v) is 3.89. The number of carboxylic acids is 2. The van der Waals surface area contributed by atoms with Crippen molar-refractivity contribution in [1.29, 1.82) is 0 Å². The maximum Gasteiger partial charge on any atom is 0.342 e. The summed E-state index contributed by atoms with van der Waals surface area (Å²) >= 11 is 3.08. The van der Waals surface area contributed by atoms with Crippen molar-refractivity contribution >= 4 is 33.7 Å². The van der Waals surface area contributed by atoms with E-state index >= 15 is 0 Å². The molecule has 25 heavy (non-hydrogen) atoms. The van der Waals surface area contributed by atoms with Gasteiger partial charge in [-0.25, -0.2) is 9.59 Å². The number of phenols is 1. The standard InChI is InChI=1S/C15H13BrN2O7/c1-2-25-7-4-5(3-6(16)11(7)19)8-9(14(21)22)12(17)18-13(20)10(8)15(23)24/h3-4,19H,2H2,1H3,(H,21,22)(H,23,24)(H3,17,18,20). The van der Waals surface area contributed by atoms with Crippen LogP contribution in [0.25, 0.3) is 11.1 Å². The van der Waals surface area contributed by atoms with Gasteiger partial charge in [0.2, 0.25) is 0 Å². The molecule has 1 aromatic carbocycles. The normalized spacial score (nSPS) is 10.5. The Balaban J connectivity index is 2.98. The lowest BCUT2D eigenvalue weighted by atomic mass is 9.95. The Kier molecular flexibility index (Phi) is 5.02. The maximum absolute atomic E-state index is 12.0. The van der Waals surface area contributed by atoms with Crippen LogP contribution in [0.5, 0.6) is 11.5 Å². The van der Waals surface area contributed by atoms with E-state index in [9.17, 15) is 29.7 Å². The number of pyridine rings is 1. The van der Waals surface area contributed by atoms with E-state index in [4.69, 9.17) is 10.5 Å². The first-order chi connectivity index (χ1) is 11.7. The molecular weight excluding hydrogens is 400 g/mol. The average Bonchev–Trinajstić information content (AvgIpc) is 2.50. The summed E-state index contributed by atoms with van der Waals surface area (Å²) in [7, 11) is 0. The number of carbonyl (C=O) groups is 2. The number of carboxylic acid groups (broad SMARTS) is 2. The molecule has 0 aliphatic heterocycles. The average molecular weight is 413 g/mol. The number of ether oxygens (including phenoxy) is 1. The van der Waals surface area contributed by atoms with Crippen LogP contribution in [0.3, 0.4) is 0 Å². The number of nitrogens with two attached hydrogens (primary N) is 1. The molecule has 0 fully saturated rings. The minimum absolute atomic E-state index is 0.0154. The first-order valence-electron chi connectivity index (χ1n) is 6.87. The van der Waals surface area contributed by atoms with Crippen molar-refractivity contribution in [2.24, 2.45) is 0 Å². The minimum Gasteiger partial charge on any atom is -0.503 e. The molecule has 0 atom stereocenters. The van der Waals surface area contributed by atoms with Crippen molar-refractivity contribution < 1.29 is 29.6 Å². The predicted molar refractivity (Wildman–Crippen MR) is 91.4 cm³/mol. The molecule has 0 unspecified atom stereocenters. The molecule has 0 saturated heterocycles. The highest BCUT2D eigenvalue weighted by Crippen LogP contribution is 2.40. The van der Waals surface area contributed by atoms with Gasteiger partial charge in [-0.2, -0.15) is 0 Å². The van der Waals surface area contributed by atoms with E-state index in [0.29, 0.717) is 0 Å². The van der Waals surface area contributed by atoms with E-state index in [-0.39, 0.29) is 33.7 Å². The Bertz CT molecular complexity index is 936. The van der Waals surface area contributed by atoms with Crippen LogP contribution in [0.15, 0.2) is 21.4 Å². The van der Waals surface area contributed by atoms with Crippen LogP contribution in [0.1, 0.15) is 27.6 Å². The monoisotopic (exact) mass is 412 g/mol. The van der Waals surface area contributed by atoms with Gasteiger partial charge in [0.25, 0.3) is 5.56 Å². The van der Waals surface area contributed by atoms with E-state index in [1.165, 1.54) is 12.1 Å². The molecule has 132 valence electrons. The van der Waals surface area contributed by atoms with E-state index in [2.05, 4.69) is 15.9 Å². The second kappa shape index (κ2) is 6.85. The number of aromatic hydroxyl groups is 1. The summed E-state index contributed by atoms with van der Waals surface area (Å²) in [5.74, 6) is -3.90. The summed E-state index contributed by atoms with van der Waals surface area (Å²) in [6, 6.07) is 2.50. The van der Waals surface area contributed by atoms with Gasteiger partial charge in [-0.3, -0.25) is 4.79 Å². The van der Waals surface area contributed by atoms with Crippen LogP contribution in [0, 0.1) is 0 Å². The number of aromatic carboxylic acids is 2. The van der Waals surface area contributed by atoms with Gasteiger partial charge in [-0.15, -0.1) is 0 Å². The lowest BCUT2D eigenvalue weighted by molar-refractivity contribution is 0.0695. The largest absolute Gasteiger partial charge is 0.503 e. The third kappa shape index (κ3) is 3.29. The van der Waals surface area contributed by atoms with Gasteiger partial charge >= 0.3 is 11.9 Å². The quantitative estimate of drug-likeness (QED) is 0.496. The molecule has 0 spiro atoms. The number of nitrogens with one attached hydrogen (secondary N) is 1. The Labute approximate surface area is 148 Å². The molecule has 6 N–H and O–H groups in total. The zero-order valence-corrected chi connectivity index (χ0v) is 14.4. The molecule has 0 radical (unpaired) electrons. The summed E-state index contributed by atoms with van der Waals surface area (Å²) in [6.07, 6.45) is 0. The number of H-pyrrole nitrogens is 1. The van der Waals surface area contributed by atoms with Gasteiger partial charge in [-0.05, 0) is 40.5 Å². The van der Waals surface area contributed by atoms with Crippen LogP contribution >= 0.6 is 15.9 Å². The predicted octanol–water partition coefficient (Wildman–Crippen LogP) is 1.89. The molecule has 0 amide bonds. The number of aromatic amines is 1. The number of nitrogen functional groups attached to an aromatic ring is 1. The van der Waals surface area contributed by atoms with E-state index in [1.54, 1.807) is 6.92 Å². The van der Waals surface area contributed by atoms with Gasteiger partial charge < -0.3 is 30.8 Å². The van der Waals surface area contributed by atoms with Crippen LogP contribution in [0.2, 0.25) is 0 Å². The van der Waals surface area contributed by atoms with Crippen molar-refractivity contribution in [1.82, 2.24) is 4.98 Å². The highest BCUT2D eigenvalue weighted by molar-refractivity contribution is 9.10. The Morgan fingerprint density at radius 2 is 1.84 bits per heavy atom. The van der Waals surface area contributed by atoms with Gasteiger partial charge in [0, 0.05) is 5.56 Å². The fourth-order valence-electron chi connectivity index (χ4n) is 2.32. The third-order valence-electron chi connectivity index (χ3n) is 3.29. The van der Waals surface area contributed by atoms with E-state index in [0.717, 1.165) is 0 Å². The minimum atomic E-state index is -1.62. The molecule has 9 nitrogen and oxygen atoms in total. The van der Waals surface area contributed by atoms with Gasteiger partial charge in [-0.1, -0.05) is 0 Å². The summed E-state index contributed by atoms with van der Waals surface area (Å²) in [6.45, 7) is 1.86. The lowest BCUT2D eigenvalue weighted by Crippen LogP contribution is -2.24. The Morgan fingerprint density at radius 3 is 2.36 bits per heavy atom. The summed E-state index contributed by atoms with van der Waals surface area (Å²) in [5, 5.41) is 28.7. The SMILES string of the molecule is CCOc1cc(-c2c(C(=O)O)c(N)[nH]c(=O)c2C(=O)O)cc(Br)c1O. The van der Waals surface area contributed by atoms with E-state index < -0.39 is 34.4 Å². The fourth-order valence-corrected chi connectivity index (χ4v) is 2.76. The smallest absolute Gasteiger partial charge is 0.342 e. The molecule has 0 bridgehead atoms. The Hall–Kier alpha value is -3.01. The molecule has 2 rings (SSSR count). The van der Waals surface area contributed by atoms with Gasteiger partial charge in [0.15, 0.2) is 11.5 Å². The van der Waals surface area contributed by atoms with E-state index in [1.807, 2.05) is 4.98 Å². The highest BCUT2D eigenvalue weighted by atomic mass is 79.9. The number of hydrogen-bond acceptors (Lipinski definition) is 6. The maximum atomic E-state index is 12.0. The second-order valence-electron chi connectivity index (χ2n) is 4.84. The highest BCUT2D eigenvalue weighted by Gasteiger charge is 2.27. The number of anilines is 1. The van der Waals surface area contributed by atoms with Crippen LogP contribution in [-0.4, -0.2) is 38.8 Å². The van der Waals surface area contributed by atoms with Crippen LogP contribution < -0.4 is 16.0 Å². The first kappa shape index (κ1) is 18.3. The fraction of sp³-hybridized carbons (Fsp3) is 0.133. The van der Waals surface area contributed by atoms with Crippen molar-refractivity contribution in [2.75, 3.05) is 12.3 Å². The zero-order valence-electron chi connectivity index (χ0n) is 12.8. The molecule has 0 aliphatic carbocycles. The first-order valence-corrected chi connectivity index (χ1v) is 7.66. The molecule has 2 aromatic rings. The number of halogens is 1. The van der Waals surface area contributed by atoms with Crippen molar-refractivity contribution in [2.45, 2.75) is 6.92 Å². The molecule has 0 aliphatic rings. The Morgan fingerprint density at radius 1 is 1.24 bits per heavy atom. The zero-order chi connectivity index (χ0) is 18.9. The number of rotatable bonds is 5. The molecule has 1 aromatic heterocycles. The van der Waals surface area contributed by atoms with Gasteiger partial charge in [0.05, 0.1) is 11.1 Å². The second-order valence-corrected chi connectivity index (χ2v) is 5.70. The lowest BCUT2D eigenvalue weighted by Gasteiger charge is -2.15. The van der Waals surface area contributed by atoms with Crippen LogP contribution in [0.4, 0.5) is 5.82 Å². The van der Waals surface area contributed by atoms with Gasteiger partial charge in [0.1, 0.15) is 16.9 Å². The summed E-state index contributed by atoms with van der Waals surface area (Å²) in [5.41, 5.74) is 2.81. The van der Waals surface area contributed by atoms with Crippen molar-refractivity contribution in [3.05, 3.63) is 38.1 Å². The van der Waals surface area contributed by atoms with Crippen molar-refractivity contribution in [3.63, 3.8) is 0 Å². The molecular formula is C15H13BrN2O7. The number of aromatic nitrogens is 1. The molecule has 1 heterocycles. The summed E-state index contributed by atoms with van der Waals surface area (Å²) < 4.78 is 5.37. The number of phenolic OH excluding ortho intramolecular Hbond substituents is 1. The molecule has 0 saturated carbocycles. The molecule has 10 heteroatoms. The van der Waals surface area contributed by atoms with Crippen LogP contribution in [-0.2, 0) is 0 Å². The van der Waals surface area contributed by atoms with Crippen molar-refractivity contribution in [3.8, 4) is 22.6 Å². The topological polar surface area (TPSA) is 163 Å². The number of benzene rings is 1. The number of hydrogen-bond donors (Lipinski definition) is 5.